The van der Waals surface area contributed by atoms with E-state index >= 15 is 0 Å². The number of fused-ring (bicyclic) bond motifs is 1. The molecule has 0 spiro atoms. The van der Waals surface area contributed by atoms with Gasteiger partial charge >= 0.3 is 0 Å². The second-order valence-corrected chi connectivity index (χ2v) is 6.94. The maximum Gasteiger partial charge on any atom is 0.212 e. The van der Waals surface area contributed by atoms with Gasteiger partial charge in [-0.05, 0) is 39.4 Å². The average molecular weight is 325 g/mol. The van der Waals surface area contributed by atoms with Crippen molar-refractivity contribution in [2.75, 3.05) is 14.1 Å². The molecule has 3 aromatic rings. The third-order valence-electron chi connectivity index (χ3n) is 4.88. The molecule has 4 nitrogen and oxygen atoms in total. The van der Waals surface area contributed by atoms with Gasteiger partial charge in [0.1, 0.15) is 0 Å². The van der Waals surface area contributed by atoms with Gasteiger partial charge in [0.25, 0.3) is 0 Å². The molecule has 1 aromatic carbocycles. The zero-order valence-electron chi connectivity index (χ0n) is 15.3. The molecule has 0 aliphatic rings. The molecule has 0 saturated carbocycles. The highest BCUT2D eigenvalue weighted by Gasteiger charge is 2.24. The van der Waals surface area contributed by atoms with Crippen LogP contribution in [0.25, 0.3) is 22.2 Å². The topological polar surface area (TPSA) is 45.1 Å². The van der Waals surface area contributed by atoms with Crippen LogP contribution in [0.3, 0.4) is 0 Å². The predicted molar refractivity (Wildman–Crippen MR) is 99.0 cm³/mol. The molecule has 0 aliphatic carbocycles. The number of rotatable bonds is 6. The van der Waals surface area contributed by atoms with Gasteiger partial charge in [-0.3, -0.25) is 4.90 Å². The summed E-state index contributed by atoms with van der Waals surface area (Å²) in [4.78, 5) is 10.3. The summed E-state index contributed by atoms with van der Waals surface area (Å²) >= 11 is 0. The van der Waals surface area contributed by atoms with Crippen LogP contribution < -0.4 is 0 Å². The van der Waals surface area contributed by atoms with Crippen molar-refractivity contribution >= 4 is 10.9 Å². The molecule has 2 heterocycles. The SMILES string of the molecule is CCC(C)CC(c1nc(C)c(-c2c[nH]c3ccccc23)o1)N(C)C. The minimum Gasteiger partial charge on any atom is -0.439 e. The van der Waals surface area contributed by atoms with Crippen molar-refractivity contribution in [1.82, 2.24) is 14.9 Å². The van der Waals surface area contributed by atoms with E-state index < -0.39 is 0 Å². The molecule has 4 heteroatoms. The highest BCUT2D eigenvalue weighted by molar-refractivity contribution is 5.94. The molecule has 0 fully saturated rings. The third kappa shape index (κ3) is 3.11. The maximum atomic E-state index is 6.26. The molecule has 0 saturated heterocycles. The smallest absolute Gasteiger partial charge is 0.212 e. The highest BCUT2D eigenvalue weighted by Crippen LogP contribution is 2.35. The minimum absolute atomic E-state index is 0.206. The van der Waals surface area contributed by atoms with Crippen LogP contribution >= 0.6 is 0 Å². The zero-order valence-corrected chi connectivity index (χ0v) is 15.3. The zero-order chi connectivity index (χ0) is 17.3. The molecule has 1 N–H and O–H groups in total. The number of benzene rings is 1. The Balaban J connectivity index is 2.00. The Morgan fingerprint density at radius 2 is 2.00 bits per heavy atom. The summed E-state index contributed by atoms with van der Waals surface area (Å²) in [6, 6.07) is 8.49. The number of aromatic amines is 1. The van der Waals surface area contributed by atoms with Crippen LogP contribution in [0, 0.1) is 12.8 Å². The van der Waals surface area contributed by atoms with Crippen LogP contribution in [0.4, 0.5) is 0 Å². The number of H-pyrrole nitrogens is 1. The molecule has 0 amide bonds. The normalized spacial score (nSPS) is 14.4. The predicted octanol–water partition coefficient (Wildman–Crippen LogP) is 5.17. The lowest BCUT2D eigenvalue weighted by molar-refractivity contribution is 0.213. The molecule has 24 heavy (non-hydrogen) atoms. The van der Waals surface area contributed by atoms with Crippen LogP contribution in [0.1, 0.15) is 44.3 Å². The monoisotopic (exact) mass is 325 g/mol. The van der Waals surface area contributed by atoms with Gasteiger partial charge in [0.2, 0.25) is 5.89 Å². The summed E-state index contributed by atoms with van der Waals surface area (Å²) in [6.07, 6.45) is 4.23. The Kier molecular flexibility index (Phi) is 4.76. The Morgan fingerprint density at radius 3 is 2.71 bits per heavy atom. The van der Waals surface area contributed by atoms with E-state index in [-0.39, 0.29) is 6.04 Å². The molecular weight excluding hydrogens is 298 g/mol. The van der Waals surface area contributed by atoms with Gasteiger partial charge in [-0.1, -0.05) is 38.5 Å². The van der Waals surface area contributed by atoms with Crippen molar-refractivity contribution in [2.45, 2.75) is 39.7 Å². The molecule has 0 radical (unpaired) electrons. The van der Waals surface area contributed by atoms with Gasteiger partial charge in [0.05, 0.1) is 11.7 Å². The third-order valence-corrected chi connectivity index (χ3v) is 4.88. The van der Waals surface area contributed by atoms with E-state index in [2.05, 4.69) is 56.0 Å². The molecule has 0 aliphatic heterocycles. The summed E-state index contributed by atoms with van der Waals surface area (Å²) in [5.41, 5.74) is 3.15. The molecule has 2 atom stereocenters. The standard InChI is InChI=1S/C20H27N3O/c1-6-13(2)11-18(23(4)5)20-22-14(3)19(24-20)16-12-21-17-10-8-7-9-15(16)17/h7-10,12-13,18,21H,6,11H2,1-5H3. The van der Waals surface area contributed by atoms with Crippen LogP contribution in [-0.4, -0.2) is 29.0 Å². The first-order valence-electron chi connectivity index (χ1n) is 8.71. The number of nitrogens with one attached hydrogen (secondary N) is 1. The number of para-hydroxylation sites is 1. The van der Waals surface area contributed by atoms with Crippen molar-refractivity contribution in [3.63, 3.8) is 0 Å². The minimum atomic E-state index is 0.206. The first-order valence-corrected chi connectivity index (χ1v) is 8.71. The molecule has 3 rings (SSSR count). The lowest BCUT2D eigenvalue weighted by Gasteiger charge is -2.23. The quantitative estimate of drug-likeness (QED) is 0.680. The number of hydrogen-bond donors (Lipinski definition) is 1. The van der Waals surface area contributed by atoms with E-state index in [9.17, 15) is 0 Å². The molecule has 2 aromatic heterocycles. The van der Waals surface area contributed by atoms with E-state index in [1.807, 2.05) is 19.2 Å². The van der Waals surface area contributed by atoms with Crippen molar-refractivity contribution in [2.24, 2.45) is 5.92 Å². The Hall–Kier alpha value is -2.07. The van der Waals surface area contributed by atoms with Gasteiger partial charge in [0.15, 0.2) is 5.76 Å². The van der Waals surface area contributed by atoms with Crippen LogP contribution in [-0.2, 0) is 0 Å². The lowest BCUT2D eigenvalue weighted by atomic mass is 9.99. The fraction of sp³-hybridized carbons (Fsp3) is 0.450. The summed E-state index contributed by atoms with van der Waals surface area (Å²) in [5.74, 6) is 2.33. The van der Waals surface area contributed by atoms with Gasteiger partial charge in [-0.15, -0.1) is 0 Å². The second-order valence-electron chi connectivity index (χ2n) is 6.94. The maximum absolute atomic E-state index is 6.26. The van der Waals surface area contributed by atoms with Crippen LogP contribution in [0.5, 0.6) is 0 Å². The summed E-state index contributed by atoms with van der Waals surface area (Å²) in [6.45, 7) is 6.54. The number of aromatic nitrogens is 2. The fourth-order valence-corrected chi connectivity index (χ4v) is 3.15. The Morgan fingerprint density at radius 1 is 1.25 bits per heavy atom. The van der Waals surface area contributed by atoms with Gasteiger partial charge in [-0.25, -0.2) is 4.98 Å². The first-order chi connectivity index (χ1) is 11.5. The average Bonchev–Trinajstić information content (AvgIpc) is 3.15. The van der Waals surface area contributed by atoms with E-state index in [0.29, 0.717) is 5.92 Å². The van der Waals surface area contributed by atoms with E-state index in [4.69, 9.17) is 9.40 Å². The van der Waals surface area contributed by atoms with Crippen molar-refractivity contribution in [1.29, 1.82) is 0 Å². The summed E-state index contributed by atoms with van der Waals surface area (Å²) < 4.78 is 6.26. The highest BCUT2D eigenvalue weighted by atomic mass is 16.4. The van der Waals surface area contributed by atoms with Crippen molar-refractivity contribution < 1.29 is 4.42 Å². The molecule has 2 unspecified atom stereocenters. The lowest BCUT2D eigenvalue weighted by Crippen LogP contribution is -2.22. The van der Waals surface area contributed by atoms with E-state index in [0.717, 1.165) is 34.8 Å². The largest absolute Gasteiger partial charge is 0.439 e. The molecule has 0 bridgehead atoms. The van der Waals surface area contributed by atoms with Crippen LogP contribution in [0.15, 0.2) is 34.9 Å². The Bertz CT molecular complexity index is 815. The van der Waals surface area contributed by atoms with Gasteiger partial charge in [-0.2, -0.15) is 0 Å². The number of oxazole rings is 1. The first kappa shape index (κ1) is 16.8. The number of aryl methyl sites for hydroxylation is 1. The van der Waals surface area contributed by atoms with E-state index in [1.165, 1.54) is 11.8 Å². The Labute approximate surface area is 143 Å². The van der Waals surface area contributed by atoms with Crippen LogP contribution in [0.2, 0.25) is 0 Å². The number of nitrogens with zero attached hydrogens (tertiary/aromatic N) is 2. The summed E-state index contributed by atoms with van der Waals surface area (Å²) in [5, 5.41) is 1.17. The van der Waals surface area contributed by atoms with Gasteiger partial charge in [0, 0.05) is 22.7 Å². The number of hydrogen-bond acceptors (Lipinski definition) is 3. The van der Waals surface area contributed by atoms with Crippen molar-refractivity contribution in [3.8, 4) is 11.3 Å². The second kappa shape index (κ2) is 6.81. The van der Waals surface area contributed by atoms with E-state index in [1.54, 1.807) is 0 Å². The van der Waals surface area contributed by atoms with Gasteiger partial charge < -0.3 is 9.40 Å². The molecular formula is C20H27N3O. The van der Waals surface area contributed by atoms with Crippen molar-refractivity contribution in [3.05, 3.63) is 42.0 Å². The fourth-order valence-electron chi connectivity index (χ4n) is 3.15. The summed E-state index contributed by atoms with van der Waals surface area (Å²) in [7, 11) is 4.19. The molecule has 128 valence electrons.